The maximum Gasteiger partial charge on any atom is 0.350 e. The van der Waals surface area contributed by atoms with Gasteiger partial charge in [-0.3, -0.25) is 14.5 Å². The topological polar surface area (TPSA) is 110 Å². The van der Waals surface area contributed by atoms with Gasteiger partial charge in [-0.25, -0.2) is 9.78 Å². The number of esters is 1. The summed E-state index contributed by atoms with van der Waals surface area (Å²) in [6.07, 6.45) is 0. The van der Waals surface area contributed by atoms with Gasteiger partial charge in [-0.1, -0.05) is 41.7 Å². The molecule has 0 saturated heterocycles. The van der Waals surface area contributed by atoms with Crippen molar-refractivity contribution in [2.75, 3.05) is 12.0 Å². The lowest BCUT2D eigenvalue weighted by molar-refractivity contribution is -0.117. The molecule has 0 spiro atoms. The number of hydrogen-bond acceptors (Lipinski definition) is 8. The van der Waals surface area contributed by atoms with Gasteiger partial charge in [0, 0.05) is 0 Å². The summed E-state index contributed by atoms with van der Waals surface area (Å²) in [5.41, 5.74) is 0.865. The largest absolute Gasteiger partial charge is 0.503 e. The molecule has 0 fully saturated rings. The summed E-state index contributed by atoms with van der Waals surface area (Å²) in [7, 11) is 1.25. The van der Waals surface area contributed by atoms with Crippen LogP contribution >= 0.6 is 11.3 Å². The highest BCUT2D eigenvalue weighted by Gasteiger charge is 2.46. The number of anilines is 1. The Labute approximate surface area is 181 Å². The van der Waals surface area contributed by atoms with Crippen molar-refractivity contribution < 1.29 is 28.6 Å². The number of benzene rings is 1. The molecule has 8 nitrogen and oxygen atoms in total. The van der Waals surface area contributed by atoms with E-state index >= 15 is 0 Å². The first-order valence-electron chi connectivity index (χ1n) is 9.32. The van der Waals surface area contributed by atoms with Crippen molar-refractivity contribution in [1.29, 1.82) is 0 Å². The molecule has 0 aliphatic carbocycles. The first-order chi connectivity index (χ1) is 14.8. The molecule has 1 N–H and O–H groups in total. The molecule has 0 bridgehead atoms. The van der Waals surface area contributed by atoms with E-state index in [0.29, 0.717) is 17.0 Å². The Morgan fingerprint density at radius 2 is 1.87 bits per heavy atom. The predicted octanol–water partition coefficient (Wildman–Crippen LogP) is 3.92. The SMILES string of the molecule is COC(=O)c1sc(N2C(=O)C(O)=C(C(=O)c3ccc(C)o3)[C@H]2c2ccccc2)nc1C. The van der Waals surface area contributed by atoms with E-state index in [1.54, 1.807) is 50.2 Å². The number of thiazole rings is 1. The summed E-state index contributed by atoms with van der Waals surface area (Å²) >= 11 is 0.954. The molecule has 1 aromatic carbocycles. The summed E-state index contributed by atoms with van der Waals surface area (Å²) in [5.74, 6) is -2.11. The van der Waals surface area contributed by atoms with Gasteiger partial charge >= 0.3 is 5.97 Å². The van der Waals surface area contributed by atoms with Crippen molar-refractivity contribution in [2.24, 2.45) is 0 Å². The summed E-state index contributed by atoms with van der Waals surface area (Å²) in [6.45, 7) is 3.31. The molecule has 2 aromatic heterocycles. The first-order valence-corrected chi connectivity index (χ1v) is 10.1. The van der Waals surface area contributed by atoms with Crippen LogP contribution in [0, 0.1) is 13.8 Å². The molecule has 0 unspecified atom stereocenters. The van der Waals surface area contributed by atoms with Gasteiger partial charge in [-0.15, -0.1) is 0 Å². The molecule has 0 radical (unpaired) electrons. The molecule has 1 aliphatic rings. The zero-order chi connectivity index (χ0) is 22.3. The lowest BCUT2D eigenvalue weighted by Gasteiger charge is -2.24. The van der Waals surface area contributed by atoms with Crippen molar-refractivity contribution >= 4 is 34.1 Å². The van der Waals surface area contributed by atoms with Gasteiger partial charge in [0.25, 0.3) is 5.91 Å². The van der Waals surface area contributed by atoms with Gasteiger partial charge in [0.2, 0.25) is 5.78 Å². The molecule has 3 heterocycles. The van der Waals surface area contributed by atoms with Crippen LogP contribution < -0.4 is 4.90 Å². The number of aliphatic hydroxyl groups is 1. The Hall–Kier alpha value is -3.72. The predicted molar refractivity (Wildman–Crippen MR) is 112 cm³/mol. The van der Waals surface area contributed by atoms with E-state index in [1.807, 2.05) is 0 Å². The minimum Gasteiger partial charge on any atom is -0.503 e. The fraction of sp³-hybridized carbons (Fsp3) is 0.182. The Morgan fingerprint density at radius 1 is 1.16 bits per heavy atom. The molecule has 1 aliphatic heterocycles. The van der Waals surface area contributed by atoms with Crippen LogP contribution in [0.1, 0.15) is 43.3 Å². The number of carbonyl (C=O) groups is 3. The van der Waals surface area contributed by atoms with Gasteiger partial charge in [0.15, 0.2) is 16.7 Å². The molecular weight excluding hydrogens is 420 g/mol. The molecule has 158 valence electrons. The molecule has 9 heteroatoms. The van der Waals surface area contributed by atoms with Crippen molar-refractivity contribution in [1.82, 2.24) is 4.98 Å². The van der Waals surface area contributed by atoms with Crippen LogP contribution in [0.25, 0.3) is 0 Å². The second kappa shape index (κ2) is 7.84. The van der Waals surface area contributed by atoms with Crippen LogP contribution in [0.2, 0.25) is 0 Å². The van der Waals surface area contributed by atoms with Gasteiger partial charge in [0.1, 0.15) is 10.6 Å². The monoisotopic (exact) mass is 438 g/mol. The average molecular weight is 438 g/mol. The summed E-state index contributed by atoms with van der Waals surface area (Å²) in [4.78, 5) is 44.1. The van der Waals surface area contributed by atoms with Crippen LogP contribution in [0.15, 0.2) is 58.2 Å². The van der Waals surface area contributed by atoms with Crippen LogP contribution in [0.3, 0.4) is 0 Å². The normalized spacial score (nSPS) is 16.2. The Kier molecular flexibility index (Phi) is 5.20. The maximum absolute atomic E-state index is 13.2. The third-order valence-electron chi connectivity index (χ3n) is 4.89. The molecule has 4 rings (SSSR count). The van der Waals surface area contributed by atoms with E-state index in [0.717, 1.165) is 11.3 Å². The first kappa shape index (κ1) is 20.5. The maximum atomic E-state index is 13.2. The van der Waals surface area contributed by atoms with Crippen molar-refractivity contribution in [3.63, 3.8) is 0 Å². The molecule has 0 saturated carbocycles. The van der Waals surface area contributed by atoms with Gasteiger partial charge < -0.3 is 14.3 Å². The van der Waals surface area contributed by atoms with E-state index in [9.17, 15) is 19.5 Å². The standard InChI is InChI=1S/C22H18N2O6S/c1-11-9-10-14(30-11)17(25)15-16(13-7-5-4-6-8-13)24(20(27)18(15)26)22-23-12(2)19(31-22)21(28)29-3/h4-10,16,26H,1-3H3/t16-/m1/s1. The number of Topliss-reactive ketones (excluding diaryl/α,β-unsaturated/α-hetero) is 1. The molecular formula is C22H18N2O6S. The zero-order valence-electron chi connectivity index (χ0n) is 16.9. The highest BCUT2D eigenvalue weighted by Crippen LogP contribution is 2.43. The van der Waals surface area contributed by atoms with Crippen molar-refractivity contribution in [2.45, 2.75) is 19.9 Å². The number of ketones is 1. The number of amides is 1. The average Bonchev–Trinajstić information content (AvgIpc) is 3.44. The Balaban J connectivity index is 1.86. The second-order valence-electron chi connectivity index (χ2n) is 6.89. The van der Waals surface area contributed by atoms with Crippen LogP contribution in [0.5, 0.6) is 0 Å². The Bertz CT molecular complexity index is 1220. The Morgan fingerprint density at radius 3 is 2.48 bits per heavy atom. The molecule has 31 heavy (non-hydrogen) atoms. The number of rotatable bonds is 5. The number of aliphatic hydroxyl groups excluding tert-OH is 1. The van der Waals surface area contributed by atoms with Gasteiger partial charge in [-0.2, -0.15) is 0 Å². The van der Waals surface area contributed by atoms with E-state index in [4.69, 9.17) is 9.15 Å². The van der Waals surface area contributed by atoms with Gasteiger partial charge in [0.05, 0.1) is 24.4 Å². The van der Waals surface area contributed by atoms with Crippen molar-refractivity contribution in [3.05, 3.63) is 81.5 Å². The summed E-state index contributed by atoms with van der Waals surface area (Å²) in [5, 5.41) is 10.9. The number of nitrogens with zero attached hydrogens (tertiary/aromatic N) is 2. The second-order valence-corrected chi connectivity index (χ2v) is 7.87. The number of ether oxygens (including phenoxy) is 1. The van der Waals surface area contributed by atoms with E-state index < -0.39 is 29.5 Å². The smallest absolute Gasteiger partial charge is 0.350 e. The highest BCUT2D eigenvalue weighted by atomic mass is 32.1. The van der Waals surface area contributed by atoms with Crippen LogP contribution in [0.4, 0.5) is 5.13 Å². The number of hydrogen-bond donors (Lipinski definition) is 1. The lowest BCUT2D eigenvalue weighted by Crippen LogP contribution is -2.31. The van der Waals surface area contributed by atoms with E-state index in [2.05, 4.69) is 4.98 Å². The summed E-state index contributed by atoms with van der Waals surface area (Å²) < 4.78 is 10.2. The number of aryl methyl sites for hydroxylation is 2. The molecule has 1 atom stereocenters. The molecule has 1 amide bonds. The minimum absolute atomic E-state index is 0.0141. The lowest BCUT2D eigenvalue weighted by atomic mass is 9.95. The zero-order valence-corrected chi connectivity index (χ0v) is 17.7. The quantitative estimate of drug-likeness (QED) is 0.475. The number of aromatic nitrogens is 1. The number of carbonyl (C=O) groups excluding carboxylic acids is 3. The fourth-order valence-corrected chi connectivity index (χ4v) is 4.45. The van der Waals surface area contributed by atoms with Crippen molar-refractivity contribution in [3.8, 4) is 0 Å². The van der Waals surface area contributed by atoms with E-state index in [-0.39, 0.29) is 21.3 Å². The third kappa shape index (κ3) is 3.42. The summed E-state index contributed by atoms with van der Waals surface area (Å²) in [6, 6.07) is 11.0. The van der Waals surface area contributed by atoms with Gasteiger partial charge in [-0.05, 0) is 31.5 Å². The highest BCUT2D eigenvalue weighted by molar-refractivity contribution is 7.17. The fourth-order valence-electron chi connectivity index (χ4n) is 3.44. The number of furan rings is 1. The van der Waals surface area contributed by atoms with E-state index in [1.165, 1.54) is 18.1 Å². The third-order valence-corrected chi connectivity index (χ3v) is 6.03. The van der Waals surface area contributed by atoms with Crippen LogP contribution in [-0.4, -0.2) is 34.9 Å². The number of methoxy groups -OCH3 is 1. The minimum atomic E-state index is -0.942. The molecule has 3 aromatic rings. The van der Waals surface area contributed by atoms with Crippen LogP contribution in [-0.2, 0) is 9.53 Å².